The van der Waals surface area contributed by atoms with Crippen molar-refractivity contribution < 1.29 is 9.18 Å². The van der Waals surface area contributed by atoms with Crippen LogP contribution in [-0.2, 0) is 13.0 Å². The molecule has 3 aromatic rings. The Morgan fingerprint density at radius 3 is 2.00 bits per heavy atom. The Bertz CT molecular complexity index is 959. The topological polar surface area (TPSA) is 32.3 Å². The van der Waals surface area contributed by atoms with Gasteiger partial charge in [-0.3, -0.25) is 9.69 Å². The van der Waals surface area contributed by atoms with E-state index >= 15 is 0 Å². The van der Waals surface area contributed by atoms with E-state index in [1.807, 2.05) is 12.1 Å². The molecule has 0 bridgehead atoms. The Labute approximate surface area is 177 Å². The van der Waals surface area contributed by atoms with Crippen LogP contribution in [0.5, 0.6) is 0 Å². The van der Waals surface area contributed by atoms with Gasteiger partial charge in [0.1, 0.15) is 5.82 Å². The highest BCUT2D eigenvalue weighted by atomic mass is 19.1. The second-order valence-electron chi connectivity index (χ2n) is 7.89. The zero-order valence-corrected chi connectivity index (χ0v) is 17.1. The minimum atomic E-state index is -0.254. The molecular formula is C26H27FN2O. The van der Waals surface area contributed by atoms with E-state index < -0.39 is 0 Å². The molecule has 4 rings (SSSR count). The van der Waals surface area contributed by atoms with Crippen LogP contribution in [-0.4, -0.2) is 30.4 Å². The maximum atomic E-state index is 13.1. The highest BCUT2D eigenvalue weighted by Gasteiger charge is 2.11. The molecule has 1 amide bonds. The lowest BCUT2D eigenvalue weighted by atomic mass is 10.0. The molecule has 0 aliphatic carbocycles. The molecule has 154 valence electrons. The fourth-order valence-corrected chi connectivity index (χ4v) is 3.89. The van der Waals surface area contributed by atoms with Gasteiger partial charge < -0.3 is 5.32 Å². The third-order valence-electron chi connectivity index (χ3n) is 5.65. The van der Waals surface area contributed by atoms with Gasteiger partial charge in [-0.25, -0.2) is 4.39 Å². The number of nitrogens with one attached hydrogen (secondary N) is 1. The molecule has 3 nitrogen and oxygen atoms in total. The normalized spacial score (nSPS) is 14.0. The molecule has 1 saturated heterocycles. The Balaban J connectivity index is 1.25. The molecule has 0 atom stereocenters. The number of nitrogens with zero attached hydrogens (tertiary/aromatic N) is 1. The SMILES string of the molecule is O=C(NCCc1ccc(CN2CCCC2)cc1)c1ccc(-c2ccc(F)cc2)cc1. The third-order valence-corrected chi connectivity index (χ3v) is 5.65. The van der Waals surface area contributed by atoms with Crippen molar-refractivity contribution in [2.24, 2.45) is 0 Å². The monoisotopic (exact) mass is 402 g/mol. The first kappa shape index (κ1) is 20.3. The van der Waals surface area contributed by atoms with Gasteiger partial charge >= 0.3 is 0 Å². The number of hydrogen-bond acceptors (Lipinski definition) is 2. The number of halogens is 1. The van der Waals surface area contributed by atoms with Gasteiger partial charge in [-0.2, -0.15) is 0 Å². The van der Waals surface area contributed by atoms with E-state index in [1.54, 1.807) is 24.3 Å². The van der Waals surface area contributed by atoms with E-state index in [2.05, 4.69) is 34.5 Å². The number of carbonyl (C=O) groups is 1. The van der Waals surface area contributed by atoms with Gasteiger partial charge in [0.05, 0.1) is 0 Å². The van der Waals surface area contributed by atoms with Crippen molar-refractivity contribution in [1.82, 2.24) is 10.2 Å². The molecule has 1 aliphatic rings. The molecule has 30 heavy (non-hydrogen) atoms. The average molecular weight is 403 g/mol. The largest absolute Gasteiger partial charge is 0.352 e. The second kappa shape index (κ2) is 9.68. The van der Waals surface area contributed by atoms with E-state index in [0.717, 1.165) is 24.1 Å². The molecular weight excluding hydrogens is 375 g/mol. The summed E-state index contributed by atoms with van der Waals surface area (Å²) >= 11 is 0. The van der Waals surface area contributed by atoms with Crippen LogP contribution >= 0.6 is 0 Å². The lowest BCUT2D eigenvalue weighted by Crippen LogP contribution is -2.25. The van der Waals surface area contributed by atoms with E-state index in [9.17, 15) is 9.18 Å². The Hall–Kier alpha value is -2.98. The summed E-state index contributed by atoms with van der Waals surface area (Å²) in [5.41, 5.74) is 5.09. The number of benzene rings is 3. The quantitative estimate of drug-likeness (QED) is 0.599. The average Bonchev–Trinajstić information content (AvgIpc) is 3.29. The van der Waals surface area contributed by atoms with Crippen LogP contribution in [0.15, 0.2) is 72.8 Å². The van der Waals surface area contributed by atoms with Crippen molar-refractivity contribution >= 4 is 5.91 Å². The Morgan fingerprint density at radius 2 is 1.37 bits per heavy atom. The zero-order valence-electron chi connectivity index (χ0n) is 17.1. The lowest BCUT2D eigenvalue weighted by molar-refractivity contribution is 0.0954. The van der Waals surface area contributed by atoms with Crippen molar-refractivity contribution in [2.75, 3.05) is 19.6 Å². The van der Waals surface area contributed by atoms with E-state index in [0.29, 0.717) is 12.1 Å². The van der Waals surface area contributed by atoms with Crippen LogP contribution in [0.25, 0.3) is 11.1 Å². The van der Waals surface area contributed by atoms with E-state index in [-0.39, 0.29) is 11.7 Å². The summed E-state index contributed by atoms with van der Waals surface area (Å²) in [5.74, 6) is -0.331. The van der Waals surface area contributed by atoms with Crippen LogP contribution in [0.3, 0.4) is 0 Å². The lowest BCUT2D eigenvalue weighted by Gasteiger charge is -2.14. The summed E-state index contributed by atoms with van der Waals surface area (Å²) in [6.45, 7) is 4.05. The second-order valence-corrected chi connectivity index (χ2v) is 7.89. The molecule has 0 unspecified atom stereocenters. The highest BCUT2D eigenvalue weighted by molar-refractivity contribution is 5.94. The first-order chi connectivity index (χ1) is 14.7. The van der Waals surface area contributed by atoms with Crippen LogP contribution in [0.1, 0.15) is 34.3 Å². The van der Waals surface area contributed by atoms with Gasteiger partial charge in [0, 0.05) is 18.7 Å². The molecule has 0 spiro atoms. The summed E-state index contributed by atoms with van der Waals surface area (Å²) < 4.78 is 13.1. The van der Waals surface area contributed by atoms with E-state index in [4.69, 9.17) is 0 Å². The van der Waals surface area contributed by atoms with Gasteiger partial charge in [-0.1, -0.05) is 48.5 Å². The Morgan fingerprint density at radius 1 is 0.800 bits per heavy atom. The van der Waals surface area contributed by atoms with Crippen molar-refractivity contribution in [3.63, 3.8) is 0 Å². The van der Waals surface area contributed by atoms with Crippen molar-refractivity contribution in [1.29, 1.82) is 0 Å². The number of amides is 1. The first-order valence-electron chi connectivity index (χ1n) is 10.6. The van der Waals surface area contributed by atoms with Gasteiger partial charge in [0.2, 0.25) is 0 Å². The number of rotatable bonds is 7. The molecule has 1 aliphatic heterocycles. The fourth-order valence-electron chi connectivity index (χ4n) is 3.89. The van der Waals surface area contributed by atoms with Crippen LogP contribution in [0, 0.1) is 5.82 Å². The molecule has 1 fully saturated rings. The Kier molecular flexibility index (Phi) is 6.55. The number of hydrogen-bond donors (Lipinski definition) is 1. The molecule has 0 aromatic heterocycles. The molecule has 0 radical (unpaired) electrons. The highest BCUT2D eigenvalue weighted by Crippen LogP contribution is 2.20. The molecule has 1 N–H and O–H groups in total. The molecule has 3 aromatic carbocycles. The van der Waals surface area contributed by atoms with Crippen molar-refractivity contribution in [3.8, 4) is 11.1 Å². The smallest absolute Gasteiger partial charge is 0.251 e. The standard InChI is InChI=1S/C26H27FN2O/c27-25-13-11-23(12-14-25)22-7-9-24(10-8-22)26(30)28-16-15-20-3-5-21(6-4-20)19-29-17-1-2-18-29/h3-14H,1-2,15-19H2,(H,28,30). The summed E-state index contributed by atoms with van der Waals surface area (Å²) in [6, 6.07) is 22.5. The minimum Gasteiger partial charge on any atom is -0.352 e. The predicted molar refractivity (Wildman–Crippen MR) is 119 cm³/mol. The van der Waals surface area contributed by atoms with Gasteiger partial charge in [0.25, 0.3) is 5.91 Å². The molecule has 1 heterocycles. The maximum Gasteiger partial charge on any atom is 0.251 e. The van der Waals surface area contributed by atoms with Gasteiger partial charge in [-0.05, 0) is 78.9 Å². The summed E-state index contributed by atoms with van der Waals surface area (Å²) in [5, 5.41) is 2.99. The van der Waals surface area contributed by atoms with Crippen LogP contribution in [0.4, 0.5) is 4.39 Å². The van der Waals surface area contributed by atoms with E-state index in [1.165, 1.54) is 49.2 Å². The first-order valence-corrected chi connectivity index (χ1v) is 10.6. The minimum absolute atomic E-state index is 0.0775. The number of carbonyl (C=O) groups excluding carboxylic acids is 1. The zero-order chi connectivity index (χ0) is 20.8. The van der Waals surface area contributed by atoms with Crippen molar-refractivity contribution in [2.45, 2.75) is 25.8 Å². The predicted octanol–water partition coefficient (Wildman–Crippen LogP) is 5.06. The summed E-state index contributed by atoms with van der Waals surface area (Å²) in [4.78, 5) is 14.9. The summed E-state index contributed by atoms with van der Waals surface area (Å²) in [7, 11) is 0. The summed E-state index contributed by atoms with van der Waals surface area (Å²) in [6.07, 6.45) is 3.43. The van der Waals surface area contributed by atoms with Crippen LogP contribution in [0.2, 0.25) is 0 Å². The maximum absolute atomic E-state index is 13.1. The van der Waals surface area contributed by atoms with Crippen molar-refractivity contribution in [3.05, 3.63) is 95.3 Å². The fraction of sp³-hybridized carbons (Fsp3) is 0.269. The van der Waals surface area contributed by atoms with Gasteiger partial charge in [0.15, 0.2) is 0 Å². The number of likely N-dealkylation sites (tertiary alicyclic amines) is 1. The molecule has 4 heteroatoms. The van der Waals surface area contributed by atoms with Crippen LogP contribution < -0.4 is 5.32 Å². The van der Waals surface area contributed by atoms with Gasteiger partial charge in [-0.15, -0.1) is 0 Å². The molecule has 0 saturated carbocycles. The third kappa shape index (κ3) is 5.33.